The van der Waals surface area contributed by atoms with Crippen molar-refractivity contribution in [3.8, 4) is 5.75 Å². The standard InChI is InChI=1S/C16H18N2O5/c1-4-21-13-7-5-12(6-8-13)17-15(19)11(3)22-16(20)14-9-10(2)18-23-14/h5-9,11H,4H2,1-3H3,(H,17,19)/t11-/m1/s1. The van der Waals surface area contributed by atoms with Gasteiger partial charge >= 0.3 is 5.97 Å². The van der Waals surface area contributed by atoms with Crippen LogP contribution in [0.25, 0.3) is 0 Å². The van der Waals surface area contributed by atoms with Gasteiger partial charge in [-0.05, 0) is 45.0 Å². The molecule has 1 aromatic heterocycles. The zero-order valence-electron chi connectivity index (χ0n) is 13.2. The fourth-order valence-electron chi connectivity index (χ4n) is 1.78. The van der Waals surface area contributed by atoms with Crippen LogP contribution in [0.4, 0.5) is 5.69 Å². The Morgan fingerprint density at radius 1 is 1.30 bits per heavy atom. The van der Waals surface area contributed by atoms with E-state index in [2.05, 4.69) is 10.5 Å². The molecule has 7 heteroatoms. The van der Waals surface area contributed by atoms with Gasteiger partial charge in [-0.3, -0.25) is 4.79 Å². The highest BCUT2D eigenvalue weighted by Gasteiger charge is 2.21. The van der Waals surface area contributed by atoms with Crippen LogP contribution in [0.15, 0.2) is 34.9 Å². The predicted octanol–water partition coefficient (Wildman–Crippen LogP) is 2.57. The lowest BCUT2D eigenvalue weighted by molar-refractivity contribution is -0.123. The molecule has 0 aliphatic carbocycles. The molecule has 2 rings (SSSR count). The van der Waals surface area contributed by atoms with Gasteiger partial charge in [0.15, 0.2) is 6.10 Å². The molecule has 0 aliphatic heterocycles. The zero-order chi connectivity index (χ0) is 16.8. The number of nitrogens with zero attached hydrogens (tertiary/aromatic N) is 1. The number of nitrogens with one attached hydrogen (secondary N) is 1. The number of anilines is 1. The Morgan fingerprint density at radius 3 is 2.57 bits per heavy atom. The van der Waals surface area contributed by atoms with E-state index in [1.165, 1.54) is 13.0 Å². The van der Waals surface area contributed by atoms with Gasteiger partial charge < -0.3 is 19.3 Å². The summed E-state index contributed by atoms with van der Waals surface area (Å²) in [6.07, 6.45) is -0.973. The third kappa shape index (κ3) is 4.57. The van der Waals surface area contributed by atoms with Crippen LogP contribution in [-0.4, -0.2) is 29.7 Å². The summed E-state index contributed by atoms with van der Waals surface area (Å²) in [5.41, 5.74) is 1.14. The van der Waals surface area contributed by atoms with Gasteiger partial charge in [-0.1, -0.05) is 5.16 Å². The number of aromatic nitrogens is 1. The molecule has 0 radical (unpaired) electrons. The lowest BCUT2D eigenvalue weighted by atomic mass is 10.3. The van der Waals surface area contributed by atoms with Gasteiger partial charge in [0.25, 0.3) is 5.91 Å². The first kappa shape index (κ1) is 16.5. The highest BCUT2D eigenvalue weighted by atomic mass is 16.6. The van der Waals surface area contributed by atoms with Gasteiger partial charge in [0.1, 0.15) is 5.75 Å². The molecular weight excluding hydrogens is 300 g/mol. The first-order chi connectivity index (χ1) is 11.0. The van der Waals surface area contributed by atoms with E-state index in [1.807, 2.05) is 6.92 Å². The van der Waals surface area contributed by atoms with Gasteiger partial charge in [-0.2, -0.15) is 0 Å². The van der Waals surface area contributed by atoms with Crippen LogP contribution in [0, 0.1) is 6.92 Å². The molecule has 1 aromatic carbocycles. The fourth-order valence-corrected chi connectivity index (χ4v) is 1.78. The molecule has 7 nitrogen and oxygen atoms in total. The summed E-state index contributed by atoms with van der Waals surface area (Å²) in [4.78, 5) is 23.8. The predicted molar refractivity (Wildman–Crippen MR) is 82.4 cm³/mol. The number of benzene rings is 1. The Bertz CT molecular complexity index is 678. The Kier molecular flexibility index (Phi) is 5.35. The van der Waals surface area contributed by atoms with Crippen LogP contribution in [0.5, 0.6) is 5.75 Å². The van der Waals surface area contributed by atoms with E-state index in [0.717, 1.165) is 0 Å². The molecule has 0 spiro atoms. The second kappa shape index (κ2) is 7.44. The number of hydrogen-bond acceptors (Lipinski definition) is 6. The lowest BCUT2D eigenvalue weighted by Gasteiger charge is -2.12. The summed E-state index contributed by atoms with van der Waals surface area (Å²) in [6.45, 7) is 5.62. The first-order valence-corrected chi connectivity index (χ1v) is 7.17. The van der Waals surface area contributed by atoms with Crippen molar-refractivity contribution < 1.29 is 23.6 Å². The van der Waals surface area contributed by atoms with Crippen molar-refractivity contribution in [3.05, 3.63) is 41.8 Å². The quantitative estimate of drug-likeness (QED) is 0.823. The van der Waals surface area contributed by atoms with Crippen molar-refractivity contribution in [2.45, 2.75) is 26.9 Å². The van der Waals surface area contributed by atoms with Crippen molar-refractivity contribution in [3.63, 3.8) is 0 Å². The van der Waals surface area contributed by atoms with Crippen molar-refractivity contribution in [1.82, 2.24) is 5.16 Å². The molecule has 0 bridgehead atoms. The summed E-state index contributed by atoms with van der Waals surface area (Å²) in [5.74, 6) is -0.507. The molecule has 0 unspecified atom stereocenters. The third-order valence-electron chi connectivity index (χ3n) is 2.92. The third-order valence-corrected chi connectivity index (χ3v) is 2.92. The highest BCUT2D eigenvalue weighted by Crippen LogP contribution is 2.16. The molecule has 122 valence electrons. The number of rotatable bonds is 6. The molecule has 1 atom stereocenters. The Morgan fingerprint density at radius 2 is 2.00 bits per heavy atom. The highest BCUT2D eigenvalue weighted by molar-refractivity contribution is 5.96. The molecular formula is C16H18N2O5. The van der Waals surface area contributed by atoms with Gasteiger partial charge in [0, 0.05) is 11.8 Å². The molecule has 1 N–H and O–H groups in total. The maximum atomic E-state index is 12.0. The van der Waals surface area contributed by atoms with Crippen LogP contribution in [0.2, 0.25) is 0 Å². The first-order valence-electron chi connectivity index (χ1n) is 7.17. The number of carbonyl (C=O) groups is 2. The van der Waals surface area contributed by atoms with Crippen molar-refractivity contribution >= 4 is 17.6 Å². The lowest BCUT2D eigenvalue weighted by Crippen LogP contribution is -2.29. The summed E-state index contributed by atoms with van der Waals surface area (Å²) in [6, 6.07) is 8.34. The molecule has 23 heavy (non-hydrogen) atoms. The van der Waals surface area contributed by atoms with Crippen LogP contribution in [0.1, 0.15) is 30.1 Å². The molecule has 2 aromatic rings. The van der Waals surface area contributed by atoms with Crippen molar-refractivity contribution in [2.24, 2.45) is 0 Å². The minimum Gasteiger partial charge on any atom is -0.494 e. The Balaban J connectivity index is 1.90. The summed E-state index contributed by atoms with van der Waals surface area (Å²) >= 11 is 0. The SMILES string of the molecule is CCOc1ccc(NC(=O)[C@@H](C)OC(=O)c2cc(C)no2)cc1. The van der Waals surface area contributed by atoms with Gasteiger partial charge in [-0.25, -0.2) is 4.79 Å². The van der Waals surface area contributed by atoms with E-state index < -0.39 is 18.0 Å². The monoisotopic (exact) mass is 318 g/mol. The fraction of sp³-hybridized carbons (Fsp3) is 0.312. The number of amides is 1. The topological polar surface area (TPSA) is 90.7 Å². The molecule has 0 saturated heterocycles. The summed E-state index contributed by atoms with van der Waals surface area (Å²) < 4.78 is 15.1. The zero-order valence-corrected chi connectivity index (χ0v) is 13.2. The average molecular weight is 318 g/mol. The Labute approximate surface area is 133 Å². The minimum absolute atomic E-state index is 0.0387. The second-order valence-electron chi connectivity index (χ2n) is 4.83. The van der Waals surface area contributed by atoms with Crippen LogP contribution < -0.4 is 10.1 Å². The van der Waals surface area contributed by atoms with Crippen LogP contribution >= 0.6 is 0 Å². The molecule has 1 heterocycles. The van der Waals surface area contributed by atoms with Gasteiger partial charge in [0.05, 0.1) is 12.3 Å². The smallest absolute Gasteiger partial charge is 0.377 e. The number of esters is 1. The van der Waals surface area contributed by atoms with E-state index >= 15 is 0 Å². The number of carbonyl (C=O) groups excluding carboxylic acids is 2. The largest absolute Gasteiger partial charge is 0.494 e. The van der Waals surface area contributed by atoms with Crippen molar-refractivity contribution in [2.75, 3.05) is 11.9 Å². The number of ether oxygens (including phenoxy) is 2. The molecule has 1 amide bonds. The Hall–Kier alpha value is -2.83. The van der Waals surface area contributed by atoms with E-state index in [0.29, 0.717) is 23.7 Å². The molecule has 0 saturated carbocycles. The van der Waals surface area contributed by atoms with E-state index in [-0.39, 0.29) is 5.76 Å². The maximum absolute atomic E-state index is 12.0. The van der Waals surface area contributed by atoms with Crippen LogP contribution in [-0.2, 0) is 9.53 Å². The minimum atomic E-state index is -0.973. The van der Waals surface area contributed by atoms with E-state index in [1.54, 1.807) is 31.2 Å². The second-order valence-corrected chi connectivity index (χ2v) is 4.83. The summed E-state index contributed by atoms with van der Waals surface area (Å²) in [7, 11) is 0. The van der Waals surface area contributed by atoms with Crippen molar-refractivity contribution in [1.29, 1.82) is 0 Å². The number of hydrogen-bond donors (Lipinski definition) is 1. The normalized spacial score (nSPS) is 11.6. The average Bonchev–Trinajstić information content (AvgIpc) is 2.96. The molecule has 0 aliphatic rings. The summed E-state index contributed by atoms with van der Waals surface area (Å²) in [5, 5.41) is 6.25. The van der Waals surface area contributed by atoms with E-state index in [4.69, 9.17) is 14.0 Å². The van der Waals surface area contributed by atoms with E-state index in [9.17, 15) is 9.59 Å². The molecule has 0 fully saturated rings. The van der Waals surface area contributed by atoms with Gasteiger partial charge in [-0.15, -0.1) is 0 Å². The number of aryl methyl sites for hydroxylation is 1. The maximum Gasteiger partial charge on any atom is 0.377 e. The van der Waals surface area contributed by atoms with Crippen LogP contribution in [0.3, 0.4) is 0 Å². The van der Waals surface area contributed by atoms with Gasteiger partial charge in [0.2, 0.25) is 5.76 Å².